The van der Waals surface area contributed by atoms with Gasteiger partial charge in [0.2, 0.25) is 0 Å². The van der Waals surface area contributed by atoms with E-state index in [1.165, 1.54) is 5.56 Å². The lowest BCUT2D eigenvalue weighted by Gasteiger charge is -2.16. The Kier molecular flexibility index (Phi) is 4.76. The second kappa shape index (κ2) is 6.55. The van der Waals surface area contributed by atoms with Gasteiger partial charge in [0, 0.05) is 11.1 Å². The van der Waals surface area contributed by atoms with E-state index in [2.05, 4.69) is 29.7 Å². The van der Waals surface area contributed by atoms with Crippen molar-refractivity contribution >= 4 is 11.6 Å². The quantitative estimate of drug-likeness (QED) is 0.638. The summed E-state index contributed by atoms with van der Waals surface area (Å²) in [6.45, 7) is 0. The third kappa shape index (κ3) is 3.57. The minimum atomic E-state index is 0.155. The van der Waals surface area contributed by atoms with E-state index < -0.39 is 0 Å². The van der Waals surface area contributed by atoms with Crippen molar-refractivity contribution in [1.29, 1.82) is 0 Å². The minimum absolute atomic E-state index is 0.155. The monoisotopic (exact) mass is 260 g/mol. The molecular formula is C15H17ClN2. The highest BCUT2D eigenvalue weighted by Crippen LogP contribution is 2.20. The van der Waals surface area contributed by atoms with Crippen molar-refractivity contribution < 1.29 is 0 Å². The van der Waals surface area contributed by atoms with Gasteiger partial charge in [-0.3, -0.25) is 11.3 Å². The number of halogens is 1. The second-order valence-corrected chi connectivity index (χ2v) is 4.73. The molecule has 18 heavy (non-hydrogen) atoms. The molecule has 3 N–H and O–H groups in total. The fourth-order valence-electron chi connectivity index (χ4n) is 2.00. The summed E-state index contributed by atoms with van der Waals surface area (Å²) in [5, 5.41) is 0.748. The predicted molar refractivity (Wildman–Crippen MR) is 76.3 cm³/mol. The molecule has 0 aliphatic carbocycles. The number of aryl methyl sites for hydroxylation is 1. The summed E-state index contributed by atoms with van der Waals surface area (Å²) in [5.74, 6) is 5.62. The van der Waals surface area contributed by atoms with E-state index >= 15 is 0 Å². The van der Waals surface area contributed by atoms with Gasteiger partial charge < -0.3 is 0 Å². The van der Waals surface area contributed by atoms with Crippen molar-refractivity contribution in [2.45, 2.75) is 18.9 Å². The van der Waals surface area contributed by atoms with Crippen molar-refractivity contribution in [3.63, 3.8) is 0 Å². The third-order valence-electron chi connectivity index (χ3n) is 3.04. The van der Waals surface area contributed by atoms with Crippen LogP contribution in [0.1, 0.15) is 23.6 Å². The van der Waals surface area contributed by atoms with Crippen LogP contribution in [0.4, 0.5) is 0 Å². The first-order valence-electron chi connectivity index (χ1n) is 6.05. The van der Waals surface area contributed by atoms with Crippen molar-refractivity contribution in [2.24, 2.45) is 5.84 Å². The van der Waals surface area contributed by atoms with Crippen LogP contribution in [0.15, 0.2) is 54.6 Å². The molecule has 0 radical (unpaired) electrons. The Morgan fingerprint density at radius 2 is 1.67 bits per heavy atom. The Balaban J connectivity index is 1.99. The van der Waals surface area contributed by atoms with Gasteiger partial charge in [-0.2, -0.15) is 0 Å². The summed E-state index contributed by atoms with van der Waals surface area (Å²) in [5.41, 5.74) is 5.36. The van der Waals surface area contributed by atoms with Gasteiger partial charge in [0.1, 0.15) is 0 Å². The first-order valence-corrected chi connectivity index (χ1v) is 6.43. The van der Waals surface area contributed by atoms with Crippen LogP contribution in [0.3, 0.4) is 0 Å². The van der Waals surface area contributed by atoms with Gasteiger partial charge in [-0.05, 0) is 36.1 Å². The van der Waals surface area contributed by atoms with Crippen molar-refractivity contribution in [3.05, 3.63) is 70.7 Å². The molecule has 94 valence electrons. The van der Waals surface area contributed by atoms with Crippen molar-refractivity contribution in [1.82, 2.24) is 5.43 Å². The van der Waals surface area contributed by atoms with Gasteiger partial charge in [-0.15, -0.1) is 0 Å². The van der Waals surface area contributed by atoms with Crippen molar-refractivity contribution in [3.8, 4) is 0 Å². The normalized spacial score (nSPS) is 12.3. The fraction of sp³-hybridized carbons (Fsp3) is 0.200. The van der Waals surface area contributed by atoms with Gasteiger partial charge in [-0.25, -0.2) is 0 Å². The van der Waals surface area contributed by atoms with E-state index in [1.807, 2.05) is 30.3 Å². The van der Waals surface area contributed by atoms with Crippen LogP contribution in [0.5, 0.6) is 0 Å². The molecule has 0 aliphatic rings. The lowest BCUT2D eigenvalue weighted by atomic mass is 9.99. The molecule has 2 rings (SSSR count). The summed E-state index contributed by atoms with van der Waals surface area (Å²) < 4.78 is 0. The standard InChI is InChI=1S/C15H17ClN2/c16-14-9-7-13(8-10-14)15(18-17)11-6-12-4-2-1-3-5-12/h1-5,7-10,15,18H,6,11,17H2. The second-order valence-electron chi connectivity index (χ2n) is 4.30. The van der Waals surface area contributed by atoms with E-state index in [-0.39, 0.29) is 6.04 Å². The summed E-state index contributed by atoms with van der Waals surface area (Å²) in [6.07, 6.45) is 1.96. The average Bonchev–Trinajstić information content (AvgIpc) is 2.42. The van der Waals surface area contributed by atoms with Crippen molar-refractivity contribution in [2.75, 3.05) is 0 Å². The highest BCUT2D eigenvalue weighted by molar-refractivity contribution is 6.30. The lowest BCUT2D eigenvalue weighted by molar-refractivity contribution is 0.516. The summed E-state index contributed by atoms with van der Waals surface area (Å²) >= 11 is 5.88. The summed E-state index contributed by atoms with van der Waals surface area (Å²) in [7, 11) is 0. The third-order valence-corrected chi connectivity index (χ3v) is 3.29. The zero-order valence-electron chi connectivity index (χ0n) is 10.1. The predicted octanol–water partition coefficient (Wildman–Crippen LogP) is 3.48. The smallest absolute Gasteiger partial charge is 0.0463 e. The van der Waals surface area contributed by atoms with Gasteiger partial charge in [0.25, 0.3) is 0 Å². The van der Waals surface area contributed by atoms with Crippen LogP contribution in [0.25, 0.3) is 0 Å². The maximum Gasteiger partial charge on any atom is 0.0463 e. The van der Waals surface area contributed by atoms with Gasteiger partial charge >= 0.3 is 0 Å². The summed E-state index contributed by atoms with van der Waals surface area (Å²) in [4.78, 5) is 0. The largest absolute Gasteiger partial charge is 0.271 e. The van der Waals surface area contributed by atoms with Gasteiger partial charge in [-0.1, -0.05) is 54.1 Å². The van der Waals surface area contributed by atoms with Crippen LogP contribution >= 0.6 is 11.6 Å². The maximum absolute atomic E-state index is 5.88. The molecule has 1 atom stereocenters. The number of hydrogen-bond acceptors (Lipinski definition) is 2. The topological polar surface area (TPSA) is 38.0 Å². The molecule has 0 amide bonds. The highest BCUT2D eigenvalue weighted by Gasteiger charge is 2.09. The molecule has 0 aliphatic heterocycles. The minimum Gasteiger partial charge on any atom is -0.271 e. The molecule has 0 bridgehead atoms. The molecule has 0 saturated carbocycles. The Morgan fingerprint density at radius 1 is 1.00 bits per heavy atom. The van der Waals surface area contributed by atoms with Crippen LogP contribution in [0, 0.1) is 0 Å². The van der Waals surface area contributed by atoms with Crippen LogP contribution < -0.4 is 11.3 Å². The zero-order valence-corrected chi connectivity index (χ0v) is 10.9. The SMILES string of the molecule is NNC(CCc1ccccc1)c1ccc(Cl)cc1. The van der Waals surface area contributed by atoms with E-state index in [1.54, 1.807) is 0 Å². The molecule has 0 saturated heterocycles. The zero-order chi connectivity index (χ0) is 12.8. The van der Waals surface area contributed by atoms with E-state index in [4.69, 9.17) is 17.4 Å². The van der Waals surface area contributed by atoms with Crippen LogP contribution in [-0.2, 0) is 6.42 Å². The fourth-order valence-corrected chi connectivity index (χ4v) is 2.12. The Morgan fingerprint density at radius 3 is 2.28 bits per heavy atom. The van der Waals surface area contributed by atoms with E-state index in [0.717, 1.165) is 23.4 Å². The van der Waals surface area contributed by atoms with Gasteiger partial charge in [0.05, 0.1) is 0 Å². The molecule has 3 heteroatoms. The average molecular weight is 261 g/mol. The molecule has 2 aromatic carbocycles. The summed E-state index contributed by atoms with van der Waals surface area (Å²) in [6, 6.07) is 18.4. The van der Waals surface area contributed by atoms with E-state index in [9.17, 15) is 0 Å². The van der Waals surface area contributed by atoms with Crippen LogP contribution in [-0.4, -0.2) is 0 Å². The highest BCUT2D eigenvalue weighted by atomic mass is 35.5. The molecule has 0 fully saturated rings. The number of hydrazine groups is 1. The lowest BCUT2D eigenvalue weighted by Crippen LogP contribution is -2.28. The first-order chi connectivity index (χ1) is 8.79. The molecule has 2 nitrogen and oxygen atoms in total. The molecular weight excluding hydrogens is 244 g/mol. The first kappa shape index (κ1) is 13.1. The maximum atomic E-state index is 5.88. The molecule has 0 aromatic heterocycles. The molecule has 1 unspecified atom stereocenters. The number of hydrogen-bond donors (Lipinski definition) is 2. The number of benzene rings is 2. The molecule has 0 heterocycles. The van der Waals surface area contributed by atoms with E-state index in [0.29, 0.717) is 0 Å². The molecule has 0 spiro atoms. The Bertz CT molecular complexity index is 468. The Hall–Kier alpha value is -1.35. The number of rotatable bonds is 5. The van der Waals surface area contributed by atoms with Gasteiger partial charge in [0.15, 0.2) is 0 Å². The number of nitrogens with one attached hydrogen (secondary N) is 1. The Labute approximate surface area is 113 Å². The number of nitrogens with two attached hydrogens (primary N) is 1. The van der Waals surface area contributed by atoms with Crippen LogP contribution in [0.2, 0.25) is 5.02 Å². The molecule has 2 aromatic rings.